The summed E-state index contributed by atoms with van der Waals surface area (Å²) in [5.41, 5.74) is -1.53. The number of hydrogen-bond donors (Lipinski definition) is 1. The summed E-state index contributed by atoms with van der Waals surface area (Å²) in [6.07, 6.45) is 14.5. The quantitative estimate of drug-likeness (QED) is 0.124. The van der Waals surface area contributed by atoms with Crippen LogP contribution >= 0.6 is 0 Å². The minimum absolute atomic E-state index is 0.0392. The maximum atomic E-state index is 14.6. The number of carbonyl (C=O) groups excluding carboxylic acids is 3. The zero-order valence-electron chi connectivity index (χ0n) is 35.0. The molecule has 2 aliphatic heterocycles. The number of anilines is 2. The van der Waals surface area contributed by atoms with Crippen molar-refractivity contribution in [3.63, 3.8) is 0 Å². The van der Waals surface area contributed by atoms with Crippen LogP contribution in [0.5, 0.6) is 0 Å². The van der Waals surface area contributed by atoms with Gasteiger partial charge in [-0.1, -0.05) is 53.4 Å². The normalized spacial score (nSPS) is 23.9. The summed E-state index contributed by atoms with van der Waals surface area (Å²) in [6, 6.07) is 0. The fourth-order valence-electron chi connectivity index (χ4n) is 7.35. The highest BCUT2D eigenvalue weighted by Gasteiger charge is 2.46. The second-order valence-corrected chi connectivity index (χ2v) is 15.8. The van der Waals surface area contributed by atoms with E-state index in [1.54, 1.807) is 36.8 Å². The molecule has 59 heavy (non-hydrogen) atoms. The van der Waals surface area contributed by atoms with Crippen molar-refractivity contribution < 1.29 is 37.4 Å². The molecule has 0 unspecified atom stereocenters. The zero-order chi connectivity index (χ0) is 43.4. The van der Waals surface area contributed by atoms with Gasteiger partial charge in [-0.15, -0.1) is 12.8 Å². The molecule has 0 aromatic carbocycles. The van der Waals surface area contributed by atoms with Crippen LogP contribution in [0.15, 0.2) is 12.7 Å². The van der Waals surface area contributed by atoms with Gasteiger partial charge in [0.15, 0.2) is 34.0 Å². The molecule has 316 valence electrons. The van der Waals surface area contributed by atoms with Gasteiger partial charge in [0, 0.05) is 24.7 Å². The van der Waals surface area contributed by atoms with E-state index in [-0.39, 0.29) is 52.6 Å². The van der Waals surface area contributed by atoms with E-state index in [2.05, 4.69) is 47.1 Å². The van der Waals surface area contributed by atoms with Crippen LogP contribution in [0.25, 0.3) is 22.3 Å². The van der Waals surface area contributed by atoms with Crippen LogP contribution in [0.3, 0.4) is 0 Å². The van der Waals surface area contributed by atoms with Crippen molar-refractivity contribution in [3.8, 4) is 24.7 Å². The van der Waals surface area contributed by atoms with Gasteiger partial charge >= 0.3 is 18.2 Å². The third-order valence-corrected chi connectivity index (χ3v) is 10.6. The molecule has 2 saturated heterocycles. The Balaban J connectivity index is 0.000000230. The molecule has 6 heterocycles. The molecule has 3 amide bonds. The Bertz CT molecular complexity index is 2290. The van der Waals surface area contributed by atoms with Gasteiger partial charge in [-0.05, 0) is 59.3 Å². The number of aromatic nitrogens is 8. The molecule has 2 fully saturated rings. The molecule has 4 aromatic heterocycles. The van der Waals surface area contributed by atoms with Crippen molar-refractivity contribution in [3.05, 3.63) is 24.8 Å². The van der Waals surface area contributed by atoms with Gasteiger partial charge < -0.3 is 19.5 Å². The number of imidazole rings is 2. The van der Waals surface area contributed by atoms with E-state index < -0.39 is 53.4 Å². The average Bonchev–Trinajstić information content (AvgIpc) is 3.94. The average molecular weight is 819 g/mol. The van der Waals surface area contributed by atoms with E-state index >= 15 is 0 Å². The number of fused-ring (bicyclic) bond motifs is 2. The molecule has 0 spiro atoms. The number of terminal acetylenes is 2. The molecule has 0 aliphatic carbocycles. The third kappa shape index (κ3) is 9.04. The molecule has 0 radical (unpaired) electrons. The fourth-order valence-corrected chi connectivity index (χ4v) is 7.35. The lowest BCUT2D eigenvalue weighted by Gasteiger charge is -2.26. The van der Waals surface area contributed by atoms with Gasteiger partial charge in [0.1, 0.15) is 29.3 Å². The Labute approximate surface area is 342 Å². The number of nitrogens with one attached hydrogen (secondary N) is 1. The zero-order valence-corrected chi connectivity index (χ0v) is 35.0. The number of imide groups is 1. The second kappa shape index (κ2) is 17.7. The van der Waals surface area contributed by atoms with Crippen molar-refractivity contribution in [1.82, 2.24) is 39.0 Å². The van der Waals surface area contributed by atoms with Gasteiger partial charge in [0.25, 0.3) is 0 Å². The van der Waals surface area contributed by atoms with E-state index in [0.717, 1.165) is 4.90 Å². The lowest BCUT2D eigenvalue weighted by Crippen LogP contribution is -2.41. The topological polar surface area (TPSA) is 181 Å². The molecule has 4 aromatic rings. The predicted octanol–water partition coefficient (Wildman–Crippen LogP) is 7.41. The summed E-state index contributed by atoms with van der Waals surface area (Å²) < 4.78 is 49.5. The molecule has 2 aliphatic rings. The molecule has 0 bridgehead atoms. The van der Waals surface area contributed by atoms with E-state index in [4.69, 9.17) is 27.1 Å². The Kier molecular flexibility index (Phi) is 13.4. The van der Waals surface area contributed by atoms with Gasteiger partial charge in [0.05, 0.1) is 12.7 Å². The van der Waals surface area contributed by atoms with Crippen LogP contribution in [0.1, 0.15) is 126 Å². The predicted molar refractivity (Wildman–Crippen MR) is 214 cm³/mol. The molecule has 16 nitrogen and oxygen atoms in total. The Morgan fingerprint density at radius 3 is 1.80 bits per heavy atom. The number of nitrogens with zero attached hydrogens (tertiary/aromatic N) is 9. The molecular weight excluding hydrogens is 767 g/mol. The van der Waals surface area contributed by atoms with Crippen molar-refractivity contribution in [1.29, 1.82) is 0 Å². The molecule has 6 rings (SSSR count). The number of hydrogen-bond acceptors (Lipinski definition) is 12. The Morgan fingerprint density at radius 1 is 0.847 bits per heavy atom. The number of amides is 3. The SMILES string of the molecule is C#C[C@]1(CC)O[C@@H](n2cnc3c(N(C(=O)CCC)C(=O)OC(C)(C)C)nc(F)nc32)C[C@@H]1C.C#C[C@]1(CC)O[C@@H](n2cnc3c(NC(=O)CCC)nc(F)nc32)C[C@@H]1C. The highest BCUT2D eigenvalue weighted by molar-refractivity contribution is 6.14. The molecule has 6 atom stereocenters. The van der Waals surface area contributed by atoms with Crippen molar-refractivity contribution in [2.75, 3.05) is 10.2 Å². The monoisotopic (exact) mass is 818 g/mol. The Hall–Kier alpha value is -5.59. The van der Waals surface area contributed by atoms with Crippen LogP contribution in [-0.4, -0.2) is 73.7 Å². The maximum absolute atomic E-state index is 14.6. The second-order valence-electron chi connectivity index (χ2n) is 15.8. The lowest BCUT2D eigenvalue weighted by molar-refractivity contribution is -0.118. The maximum Gasteiger partial charge on any atom is 0.423 e. The first-order valence-electron chi connectivity index (χ1n) is 19.9. The summed E-state index contributed by atoms with van der Waals surface area (Å²) in [5, 5.41) is 2.60. The first-order chi connectivity index (χ1) is 27.9. The standard InChI is InChI=1S/C23H30FN5O4.C18H22FN5O2/c1-8-11-15(30)29(21(31)33-22(5,6)7)19-17-18(26-20(24)27-19)28(13-25-17)16-12-14(4)23(9-2,10-3)32-16;1-5-8-12(25)21-15-14-16(23-17(19)22-15)24(10-20-14)13-9-11(4)18(6-2,7-3)26-13/h2,13-14,16H,8,10-12H2,1,3-7H3;2,10-11,13H,5,7-9H2,1,3-4H3,(H,21,22,23,25)/t14-,16+,23+;11-,13+,18+/m00/s1. The molecule has 1 N–H and O–H groups in total. The fraction of sp³-hybridized carbons (Fsp3) is 0.585. The Morgan fingerprint density at radius 2 is 1.34 bits per heavy atom. The smallest absolute Gasteiger partial charge is 0.423 e. The van der Waals surface area contributed by atoms with Crippen LogP contribution in [0.4, 0.5) is 25.2 Å². The number of ether oxygens (including phenoxy) is 3. The van der Waals surface area contributed by atoms with E-state index in [1.165, 1.54) is 12.7 Å². The minimum Gasteiger partial charge on any atom is -0.443 e. The van der Waals surface area contributed by atoms with Crippen LogP contribution in [0.2, 0.25) is 0 Å². The van der Waals surface area contributed by atoms with E-state index in [9.17, 15) is 23.2 Å². The van der Waals surface area contributed by atoms with Crippen molar-refractivity contribution >= 4 is 51.9 Å². The lowest BCUT2D eigenvalue weighted by atomic mass is 9.87. The highest BCUT2D eigenvalue weighted by atomic mass is 19.1. The highest BCUT2D eigenvalue weighted by Crippen LogP contribution is 2.45. The largest absolute Gasteiger partial charge is 0.443 e. The van der Waals surface area contributed by atoms with Gasteiger partial charge in [-0.25, -0.2) is 14.8 Å². The van der Waals surface area contributed by atoms with Crippen LogP contribution in [0, 0.1) is 48.7 Å². The summed E-state index contributed by atoms with van der Waals surface area (Å²) >= 11 is 0. The molecule has 0 saturated carbocycles. The summed E-state index contributed by atoms with van der Waals surface area (Å²) in [4.78, 5) is 62.1. The molecular formula is C41H52F2N10O6. The van der Waals surface area contributed by atoms with Gasteiger partial charge in [-0.3, -0.25) is 18.7 Å². The number of rotatable bonds is 10. The first kappa shape index (κ1) is 44.5. The summed E-state index contributed by atoms with van der Waals surface area (Å²) in [6.45, 7) is 16.6. The van der Waals surface area contributed by atoms with Crippen LogP contribution in [-0.2, 0) is 23.8 Å². The number of halogens is 2. The number of carbonyl (C=O) groups is 3. The third-order valence-electron chi connectivity index (χ3n) is 10.6. The first-order valence-corrected chi connectivity index (χ1v) is 19.9. The van der Waals surface area contributed by atoms with E-state index in [1.807, 2.05) is 34.6 Å². The van der Waals surface area contributed by atoms with Crippen molar-refractivity contribution in [2.24, 2.45) is 11.8 Å². The molecule has 18 heteroatoms. The summed E-state index contributed by atoms with van der Waals surface area (Å²) in [7, 11) is 0. The van der Waals surface area contributed by atoms with Gasteiger partial charge in [0.2, 0.25) is 11.8 Å². The minimum atomic E-state index is -1.11. The van der Waals surface area contributed by atoms with Crippen molar-refractivity contribution in [2.45, 2.75) is 143 Å². The van der Waals surface area contributed by atoms with Gasteiger partial charge in [-0.2, -0.15) is 33.6 Å². The van der Waals surface area contributed by atoms with E-state index in [0.29, 0.717) is 50.5 Å². The van der Waals surface area contributed by atoms with Crippen LogP contribution < -0.4 is 10.2 Å². The summed E-state index contributed by atoms with van der Waals surface area (Å²) in [5.74, 6) is 4.66.